The Morgan fingerprint density at radius 2 is 1.77 bits per heavy atom. The molecule has 0 aliphatic heterocycles. The van der Waals surface area contributed by atoms with Crippen molar-refractivity contribution in [3.63, 3.8) is 0 Å². The second-order valence-corrected chi connectivity index (χ2v) is 5.80. The number of pyridine rings is 1. The number of hydrogen-bond donors (Lipinski definition) is 1. The molecule has 1 heterocycles. The highest BCUT2D eigenvalue weighted by atomic mass is 16.5. The molecule has 0 unspecified atom stereocenters. The summed E-state index contributed by atoms with van der Waals surface area (Å²) in [6.45, 7) is 2.31. The predicted molar refractivity (Wildman–Crippen MR) is 98.2 cm³/mol. The molecule has 3 rings (SSSR count). The average Bonchev–Trinajstić information content (AvgIpc) is 2.64. The van der Waals surface area contributed by atoms with Gasteiger partial charge in [0.1, 0.15) is 5.56 Å². The molecular weight excluding hydrogens is 332 g/mol. The summed E-state index contributed by atoms with van der Waals surface area (Å²) in [4.78, 5) is 35.9. The van der Waals surface area contributed by atoms with Gasteiger partial charge in [-0.1, -0.05) is 24.3 Å². The third kappa shape index (κ3) is 3.35. The zero-order chi connectivity index (χ0) is 18.7. The van der Waals surface area contributed by atoms with Gasteiger partial charge in [0.25, 0.3) is 0 Å². The molecule has 0 fully saturated rings. The molecule has 0 radical (unpaired) electrons. The molecule has 0 atom stereocenters. The van der Waals surface area contributed by atoms with Gasteiger partial charge in [-0.25, -0.2) is 4.79 Å². The molecule has 2 aromatic carbocycles. The van der Waals surface area contributed by atoms with Crippen LogP contribution in [0.15, 0.2) is 59.5 Å². The Labute approximate surface area is 149 Å². The normalized spacial score (nSPS) is 10.7. The molecule has 2 N–H and O–H groups in total. The minimum absolute atomic E-state index is 0.000642. The van der Waals surface area contributed by atoms with Crippen molar-refractivity contribution in [2.45, 2.75) is 13.5 Å². The number of nitrogens with zero attached hydrogens (tertiary/aromatic N) is 1. The molecular formula is C20H18N2O4. The van der Waals surface area contributed by atoms with Gasteiger partial charge >= 0.3 is 5.97 Å². The number of nitrogens with two attached hydrogens (primary N) is 1. The maximum absolute atomic E-state index is 12.6. The summed E-state index contributed by atoms with van der Waals surface area (Å²) in [5, 5.41) is 0.451. The van der Waals surface area contributed by atoms with Crippen molar-refractivity contribution in [3.05, 3.63) is 81.6 Å². The minimum atomic E-state index is -0.638. The van der Waals surface area contributed by atoms with E-state index in [9.17, 15) is 14.4 Å². The number of fused-ring (bicyclic) bond motifs is 1. The van der Waals surface area contributed by atoms with Gasteiger partial charge in [0.15, 0.2) is 0 Å². The molecule has 26 heavy (non-hydrogen) atoms. The summed E-state index contributed by atoms with van der Waals surface area (Å²) < 4.78 is 6.82. The van der Waals surface area contributed by atoms with Crippen molar-refractivity contribution < 1.29 is 14.3 Å². The Balaban J connectivity index is 2.09. The molecule has 3 aromatic rings. The molecule has 6 nitrogen and oxygen atoms in total. The third-order valence-corrected chi connectivity index (χ3v) is 4.07. The van der Waals surface area contributed by atoms with Gasteiger partial charge in [-0.15, -0.1) is 0 Å². The number of amides is 1. The van der Waals surface area contributed by atoms with Gasteiger partial charge in [0.2, 0.25) is 11.3 Å². The van der Waals surface area contributed by atoms with Crippen molar-refractivity contribution in [1.29, 1.82) is 0 Å². The summed E-state index contributed by atoms with van der Waals surface area (Å²) in [5.74, 6) is -1.13. The highest BCUT2D eigenvalue weighted by molar-refractivity contribution is 5.94. The van der Waals surface area contributed by atoms with Gasteiger partial charge in [-0.2, -0.15) is 0 Å². The number of carbonyl (C=O) groups is 2. The van der Waals surface area contributed by atoms with Gasteiger partial charge in [-0.3, -0.25) is 9.59 Å². The second-order valence-electron chi connectivity index (χ2n) is 5.80. The summed E-state index contributed by atoms with van der Waals surface area (Å²) in [6.07, 6.45) is 1.52. The quantitative estimate of drug-likeness (QED) is 0.715. The zero-order valence-corrected chi connectivity index (χ0v) is 14.3. The molecule has 0 spiro atoms. The predicted octanol–water partition coefficient (Wildman–Crippen LogP) is 2.33. The lowest BCUT2D eigenvalue weighted by Crippen LogP contribution is -2.21. The lowest BCUT2D eigenvalue weighted by Gasteiger charge is -2.13. The van der Waals surface area contributed by atoms with Crippen LogP contribution < -0.4 is 11.2 Å². The van der Waals surface area contributed by atoms with Gasteiger partial charge in [0.05, 0.1) is 12.1 Å². The van der Waals surface area contributed by atoms with Gasteiger partial charge in [0, 0.05) is 23.7 Å². The van der Waals surface area contributed by atoms with E-state index in [1.807, 2.05) is 16.7 Å². The first-order valence-corrected chi connectivity index (χ1v) is 8.19. The first-order chi connectivity index (χ1) is 12.5. The fourth-order valence-corrected chi connectivity index (χ4v) is 2.80. The van der Waals surface area contributed by atoms with Crippen molar-refractivity contribution in [2.75, 3.05) is 6.61 Å². The SMILES string of the molecule is CCOC(=O)c1cn(Cc2ccc(C(N)=O)cc2)c2ccccc2c1=O. The molecule has 6 heteroatoms. The van der Waals surface area contributed by atoms with E-state index in [0.717, 1.165) is 5.56 Å². The van der Waals surface area contributed by atoms with Crippen LogP contribution in [0.25, 0.3) is 10.9 Å². The molecule has 1 amide bonds. The van der Waals surface area contributed by atoms with E-state index in [1.54, 1.807) is 43.3 Å². The molecule has 0 saturated carbocycles. The summed E-state index contributed by atoms with van der Waals surface area (Å²) in [6, 6.07) is 14.0. The number of esters is 1. The number of carbonyl (C=O) groups excluding carboxylic acids is 2. The number of aromatic nitrogens is 1. The number of para-hydroxylation sites is 1. The number of rotatable bonds is 5. The summed E-state index contributed by atoms with van der Waals surface area (Å²) in [7, 11) is 0. The molecule has 1 aromatic heterocycles. The van der Waals surface area contributed by atoms with Crippen LogP contribution in [0.3, 0.4) is 0 Å². The highest BCUT2D eigenvalue weighted by Crippen LogP contribution is 2.15. The lowest BCUT2D eigenvalue weighted by molar-refractivity contribution is 0.0524. The molecule has 0 bridgehead atoms. The van der Waals surface area contributed by atoms with Crippen LogP contribution >= 0.6 is 0 Å². The standard InChI is InChI=1S/C20H18N2O4/c1-2-26-20(25)16-12-22(17-6-4-3-5-15(17)18(16)23)11-13-7-9-14(10-8-13)19(21)24/h3-10,12H,2,11H2,1H3,(H2,21,24). The van der Waals surface area contributed by atoms with Gasteiger partial charge < -0.3 is 15.0 Å². The average molecular weight is 350 g/mol. The van der Waals surface area contributed by atoms with Crippen LogP contribution in [-0.4, -0.2) is 23.1 Å². The van der Waals surface area contributed by atoms with E-state index in [4.69, 9.17) is 10.5 Å². The number of benzene rings is 2. The van der Waals surface area contributed by atoms with Crippen LogP contribution in [0, 0.1) is 0 Å². The largest absolute Gasteiger partial charge is 0.462 e. The van der Waals surface area contributed by atoms with E-state index >= 15 is 0 Å². The Morgan fingerprint density at radius 3 is 2.42 bits per heavy atom. The number of ether oxygens (including phenoxy) is 1. The Kier molecular flexibility index (Phi) is 4.84. The van der Waals surface area contributed by atoms with Crippen LogP contribution in [-0.2, 0) is 11.3 Å². The zero-order valence-electron chi connectivity index (χ0n) is 14.3. The molecule has 0 aliphatic carbocycles. The topological polar surface area (TPSA) is 91.4 Å². The third-order valence-electron chi connectivity index (χ3n) is 4.07. The van der Waals surface area contributed by atoms with E-state index in [1.165, 1.54) is 6.20 Å². The van der Waals surface area contributed by atoms with Crippen molar-refractivity contribution in [3.8, 4) is 0 Å². The maximum Gasteiger partial charge on any atom is 0.343 e. The second kappa shape index (κ2) is 7.23. The Hall–Kier alpha value is -3.41. The van der Waals surface area contributed by atoms with Crippen molar-refractivity contribution in [1.82, 2.24) is 4.57 Å². The highest BCUT2D eigenvalue weighted by Gasteiger charge is 2.16. The Morgan fingerprint density at radius 1 is 1.08 bits per heavy atom. The fraction of sp³-hybridized carbons (Fsp3) is 0.150. The number of hydrogen-bond acceptors (Lipinski definition) is 4. The first kappa shape index (κ1) is 17.4. The van der Waals surface area contributed by atoms with E-state index in [0.29, 0.717) is 23.0 Å². The molecule has 0 aliphatic rings. The molecule has 132 valence electrons. The van der Waals surface area contributed by atoms with Crippen LogP contribution in [0.2, 0.25) is 0 Å². The smallest absolute Gasteiger partial charge is 0.343 e. The van der Waals surface area contributed by atoms with E-state index in [2.05, 4.69) is 0 Å². The minimum Gasteiger partial charge on any atom is -0.462 e. The first-order valence-electron chi connectivity index (χ1n) is 8.19. The Bertz CT molecular complexity index is 1040. The van der Waals surface area contributed by atoms with Crippen molar-refractivity contribution >= 4 is 22.8 Å². The lowest BCUT2D eigenvalue weighted by atomic mass is 10.1. The number of primary amides is 1. The van der Waals surface area contributed by atoms with Crippen LogP contribution in [0.4, 0.5) is 0 Å². The van der Waals surface area contributed by atoms with Crippen molar-refractivity contribution in [2.24, 2.45) is 5.73 Å². The summed E-state index contributed by atoms with van der Waals surface area (Å²) in [5.41, 5.74) is 6.95. The van der Waals surface area contributed by atoms with E-state index in [-0.39, 0.29) is 17.6 Å². The van der Waals surface area contributed by atoms with E-state index < -0.39 is 11.9 Å². The summed E-state index contributed by atoms with van der Waals surface area (Å²) >= 11 is 0. The maximum atomic E-state index is 12.6. The fourth-order valence-electron chi connectivity index (χ4n) is 2.80. The molecule has 0 saturated heterocycles. The van der Waals surface area contributed by atoms with Gasteiger partial charge in [-0.05, 0) is 36.8 Å². The van der Waals surface area contributed by atoms with Crippen LogP contribution in [0.1, 0.15) is 33.2 Å². The van der Waals surface area contributed by atoms with Crippen LogP contribution in [0.5, 0.6) is 0 Å². The monoisotopic (exact) mass is 350 g/mol.